The Morgan fingerprint density at radius 3 is 2.48 bits per heavy atom. The summed E-state index contributed by atoms with van der Waals surface area (Å²) in [4.78, 5) is 8.88. The van der Waals surface area contributed by atoms with Gasteiger partial charge in [0.1, 0.15) is 17.0 Å². The largest absolute Gasteiger partial charge is 0.493 e. The number of nitrogens with zero attached hydrogens (tertiary/aromatic N) is 2. The van der Waals surface area contributed by atoms with E-state index in [0.29, 0.717) is 27.7 Å². The third kappa shape index (κ3) is 3.09. The molecule has 0 aliphatic carbocycles. The minimum Gasteiger partial charge on any atom is -0.493 e. The number of benzene rings is 1. The van der Waals surface area contributed by atoms with E-state index >= 15 is 0 Å². The van der Waals surface area contributed by atoms with Crippen molar-refractivity contribution < 1.29 is 13.7 Å². The van der Waals surface area contributed by atoms with E-state index in [9.17, 15) is 4.21 Å². The maximum Gasteiger partial charge on any atom is 0.163 e. The van der Waals surface area contributed by atoms with Crippen LogP contribution in [-0.4, -0.2) is 27.5 Å². The molecule has 0 aliphatic rings. The molecular formula is C16H15N3O3S. The second-order valence-electron chi connectivity index (χ2n) is 4.96. The highest BCUT2D eigenvalue weighted by molar-refractivity contribution is 7.91. The van der Waals surface area contributed by atoms with Crippen LogP contribution in [0.4, 0.5) is 0 Å². The summed E-state index contributed by atoms with van der Waals surface area (Å²) in [5.41, 5.74) is 0.666. The molecule has 0 saturated heterocycles. The lowest BCUT2D eigenvalue weighted by Crippen LogP contribution is -1.95. The van der Waals surface area contributed by atoms with Crippen LogP contribution in [-0.2, 0) is 9.73 Å². The molecule has 3 rings (SSSR count). The molecule has 1 aromatic carbocycles. The zero-order valence-electron chi connectivity index (χ0n) is 12.6. The highest BCUT2D eigenvalue weighted by Gasteiger charge is 2.10. The van der Waals surface area contributed by atoms with E-state index < -0.39 is 9.73 Å². The van der Waals surface area contributed by atoms with E-state index in [0.717, 1.165) is 5.39 Å². The topological polar surface area (TPSA) is 85.2 Å². The second kappa shape index (κ2) is 5.85. The van der Waals surface area contributed by atoms with Crippen LogP contribution >= 0.6 is 0 Å². The first-order valence-corrected chi connectivity index (χ1v) is 8.74. The molecule has 0 fully saturated rings. The van der Waals surface area contributed by atoms with Crippen molar-refractivity contribution in [2.24, 2.45) is 0 Å². The van der Waals surface area contributed by atoms with Gasteiger partial charge in [-0.15, -0.1) is 0 Å². The lowest BCUT2D eigenvalue weighted by molar-refractivity contribution is 0.416. The third-order valence-electron chi connectivity index (χ3n) is 3.30. The van der Waals surface area contributed by atoms with Gasteiger partial charge in [0.05, 0.1) is 28.4 Å². The molecule has 0 aliphatic heterocycles. The van der Waals surface area contributed by atoms with Crippen LogP contribution in [0.15, 0.2) is 53.8 Å². The third-order valence-corrected chi connectivity index (χ3v) is 4.47. The molecule has 0 spiro atoms. The number of aromatic nitrogens is 2. The zero-order valence-corrected chi connectivity index (χ0v) is 13.5. The lowest BCUT2D eigenvalue weighted by Gasteiger charge is -2.10. The predicted molar refractivity (Wildman–Crippen MR) is 87.7 cm³/mol. The quantitative estimate of drug-likeness (QED) is 0.792. The normalized spacial score (nSPS) is 13.5. The maximum atomic E-state index is 11.7. The van der Waals surface area contributed by atoms with E-state index in [1.54, 1.807) is 56.0 Å². The number of methoxy groups -OCH3 is 1. The average molecular weight is 329 g/mol. The van der Waals surface area contributed by atoms with E-state index in [1.807, 2.05) is 0 Å². The van der Waals surface area contributed by atoms with Gasteiger partial charge in [0.15, 0.2) is 5.75 Å². The predicted octanol–water partition coefficient (Wildman–Crippen LogP) is 3.47. The van der Waals surface area contributed by atoms with Crippen molar-refractivity contribution in [3.05, 3.63) is 48.9 Å². The van der Waals surface area contributed by atoms with Crippen molar-refractivity contribution in [3.63, 3.8) is 0 Å². The van der Waals surface area contributed by atoms with E-state index in [2.05, 4.69) is 9.97 Å². The van der Waals surface area contributed by atoms with E-state index in [-0.39, 0.29) is 0 Å². The molecule has 1 atom stereocenters. The van der Waals surface area contributed by atoms with Gasteiger partial charge in [-0.1, -0.05) is 0 Å². The Kier molecular flexibility index (Phi) is 3.87. The number of hydrogen-bond donors (Lipinski definition) is 1. The Labute approximate surface area is 134 Å². The van der Waals surface area contributed by atoms with Crippen molar-refractivity contribution >= 4 is 20.6 Å². The van der Waals surface area contributed by atoms with Gasteiger partial charge < -0.3 is 9.47 Å². The Hall–Kier alpha value is -2.67. The van der Waals surface area contributed by atoms with Gasteiger partial charge in [-0.2, -0.15) is 0 Å². The Morgan fingerprint density at radius 1 is 1.09 bits per heavy atom. The summed E-state index contributed by atoms with van der Waals surface area (Å²) < 4.78 is 30.4. The minimum absolute atomic E-state index is 0.466. The van der Waals surface area contributed by atoms with Gasteiger partial charge >= 0.3 is 0 Å². The fourth-order valence-corrected chi connectivity index (χ4v) is 2.81. The van der Waals surface area contributed by atoms with Crippen LogP contribution in [0.25, 0.3) is 10.9 Å². The molecule has 2 aromatic heterocycles. The number of rotatable bonds is 4. The Bertz CT molecular complexity index is 954. The van der Waals surface area contributed by atoms with Crippen LogP contribution in [0, 0.1) is 4.78 Å². The Balaban J connectivity index is 1.99. The standard InChI is InChI=1S/C16H15N3O3S/c1-21-15-10-18-9-13-14(7-8-19-16(13)15)22-11-3-5-12(6-4-11)23(2,17)20/h3-10,17H,1-2H3. The molecule has 0 bridgehead atoms. The second-order valence-corrected chi connectivity index (χ2v) is 7.12. The van der Waals surface area contributed by atoms with E-state index in [4.69, 9.17) is 14.3 Å². The smallest absolute Gasteiger partial charge is 0.163 e. The SMILES string of the molecule is COc1cncc2c(Oc3ccc(S(C)(=N)=O)cc3)ccnc12. The van der Waals surface area contributed by atoms with Crippen LogP contribution in [0.1, 0.15) is 0 Å². The van der Waals surface area contributed by atoms with Gasteiger partial charge in [-0.25, -0.2) is 8.99 Å². The molecule has 2 heterocycles. The van der Waals surface area contributed by atoms with E-state index in [1.165, 1.54) is 6.26 Å². The molecule has 7 heteroatoms. The monoisotopic (exact) mass is 329 g/mol. The number of nitrogens with one attached hydrogen (secondary N) is 1. The fourth-order valence-electron chi connectivity index (χ4n) is 2.15. The van der Waals surface area contributed by atoms with Crippen molar-refractivity contribution in [2.75, 3.05) is 13.4 Å². The van der Waals surface area contributed by atoms with Gasteiger partial charge in [-0.3, -0.25) is 9.97 Å². The first-order valence-electron chi connectivity index (χ1n) is 6.77. The van der Waals surface area contributed by atoms with Crippen molar-refractivity contribution in [1.82, 2.24) is 9.97 Å². The van der Waals surface area contributed by atoms with Gasteiger partial charge in [0.2, 0.25) is 0 Å². The molecule has 23 heavy (non-hydrogen) atoms. The highest BCUT2D eigenvalue weighted by atomic mass is 32.2. The summed E-state index contributed by atoms with van der Waals surface area (Å²) in [7, 11) is -1.17. The first kappa shape index (κ1) is 15.2. The van der Waals surface area contributed by atoms with Crippen molar-refractivity contribution in [2.45, 2.75) is 4.90 Å². The molecular weight excluding hydrogens is 314 g/mol. The molecule has 118 valence electrons. The number of pyridine rings is 2. The summed E-state index contributed by atoms with van der Waals surface area (Å²) >= 11 is 0. The van der Waals surface area contributed by atoms with Crippen molar-refractivity contribution in [1.29, 1.82) is 4.78 Å². The van der Waals surface area contributed by atoms with Gasteiger partial charge in [-0.05, 0) is 30.3 Å². The highest BCUT2D eigenvalue weighted by Crippen LogP contribution is 2.32. The fraction of sp³-hybridized carbons (Fsp3) is 0.125. The zero-order chi connectivity index (χ0) is 16.4. The molecule has 6 nitrogen and oxygen atoms in total. The molecule has 3 aromatic rings. The summed E-state index contributed by atoms with van der Waals surface area (Å²) in [5, 5.41) is 0.732. The summed E-state index contributed by atoms with van der Waals surface area (Å²) in [5.74, 6) is 1.74. The summed E-state index contributed by atoms with van der Waals surface area (Å²) in [6.07, 6.45) is 6.28. The number of hydrogen-bond acceptors (Lipinski definition) is 6. The minimum atomic E-state index is -2.73. The number of ether oxygens (including phenoxy) is 2. The summed E-state index contributed by atoms with van der Waals surface area (Å²) in [6.45, 7) is 0. The van der Waals surface area contributed by atoms with Gasteiger partial charge in [0, 0.05) is 23.5 Å². The van der Waals surface area contributed by atoms with Crippen LogP contribution < -0.4 is 9.47 Å². The molecule has 0 radical (unpaired) electrons. The average Bonchev–Trinajstić information content (AvgIpc) is 2.54. The maximum absolute atomic E-state index is 11.7. The van der Waals surface area contributed by atoms with Crippen molar-refractivity contribution in [3.8, 4) is 17.2 Å². The van der Waals surface area contributed by atoms with Crippen LogP contribution in [0.3, 0.4) is 0 Å². The molecule has 0 amide bonds. The van der Waals surface area contributed by atoms with Gasteiger partial charge in [0.25, 0.3) is 0 Å². The number of fused-ring (bicyclic) bond motifs is 1. The van der Waals surface area contributed by atoms with Crippen LogP contribution in [0.2, 0.25) is 0 Å². The van der Waals surface area contributed by atoms with Crippen LogP contribution in [0.5, 0.6) is 17.2 Å². The first-order chi connectivity index (χ1) is 11.0. The Morgan fingerprint density at radius 2 is 1.83 bits per heavy atom. The molecule has 1 unspecified atom stereocenters. The molecule has 1 N–H and O–H groups in total. The molecule has 0 saturated carbocycles. The lowest BCUT2D eigenvalue weighted by atomic mass is 10.2. The summed E-state index contributed by atoms with van der Waals surface area (Å²) in [6, 6.07) is 8.38.